The van der Waals surface area contributed by atoms with Crippen LogP contribution in [0, 0.1) is 10.1 Å². The highest BCUT2D eigenvalue weighted by Crippen LogP contribution is 2.13. The van der Waals surface area contributed by atoms with Gasteiger partial charge in [0.2, 0.25) is 5.91 Å². The Bertz CT molecular complexity index is 747. The standard InChI is InChI=1S/C17H17N3O4/c1-12(13-6-3-2-4-7-13)19-16(21)11-18-17(22)14-8-5-9-15(10-14)20(23)24/h2-10,12H,11H2,1H3,(H,18,22)(H,19,21). The first-order valence-corrected chi connectivity index (χ1v) is 7.34. The molecule has 24 heavy (non-hydrogen) atoms. The van der Waals surface area contributed by atoms with E-state index in [0.29, 0.717) is 0 Å². The summed E-state index contributed by atoms with van der Waals surface area (Å²) in [7, 11) is 0. The molecule has 124 valence electrons. The van der Waals surface area contributed by atoms with Crippen LogP contribution in [0.5, 0.6) is 0 Å². The first kappa shape index (κ1) is 17.1. The van der Waals surface area contributed by atoms with Crippen molar-refractivity contribution >= 4 is 17.5 Å². The monoisotopic (exact) mass is 327 g/mol. The summed E-state index contributed by atoms with van der Waals surface area (Å²) in [5.74, 6) is -0.883. The normalized spacial score (nSPS) is 11.4. The largest absolute Gasteiger partial charge is 0.348 e. The van der Waals surface area contributed by atoms with Gasteiger partial charge in [0, 0.05) is 17.7 Å². The fourth-order valence-electron chi connectivity index (χ4n) is 2.14. The average Bonchev–Trinajstić information content (AvgIpc) is 2.60. The van der Waals surface area contributed by atoms with Crippen molar-refractivity contribution in [2.45, 2.75) is 13.0 Å². The highest BCUT2D eigenvalue weighted by molar-refractivity contribution is 5.96. The molecule has 0 spiro atoms. The molecule has 2 amide bonds. The number of nitrogens with one attached hydrogen (secondary N) is 2. The van der Waals surface area contributed by atoms with Crippen molar-refractivity contribution in [1.29, 1.82) is 0 Å². The number of nitro groups is 1. The maximum atomic E-state index is 12.0. The Kier molecular flexibility index (Phi) is 5.62. The fourth-order valence-corrected chi connectivity index (χ4v) is 2.14. The van der Waals surface area contributed by atoms with E-state index in [1.165, 1.54) is 24.3 Å². The molecule has 0 aliphatic carbocycles. The van der Waals surface area contributed by atoms with Gasteiger partial charge in [-0.2, -0.15) is 0 Å². The molecular weight excluding hydrogens is 310 g/mol. The van der Waals surface area contributed by atoms with Crippen LogP contribution >= 0.6 is 0 Å². The number of hydrogen-bond donors (Lipinski definition) is 2. The molecule has 0 saturated heterocycles. The lowest BCUT2D eigenvalue weighted by atomic mass is 10.1. The van der Waals surface area contributed by atoms with E-state index in [2.05, 4.69) is 10.6 Å². The molecule has 2 aromatic carbocycles. The summed E-state index contributed by atoms with van der Waals surface area (Å²) in [4.78, 5) is 34.0. The predicted molar refractivity (Wildman–Crippen MR) is 88.4 cm³/mol. The smallest absolute Gasteiger partial charge is 0.270 e. The van der Waals surface area contributed by atoms with E-state index >= 15 is 0 Å². The summed E-state index contributed by atoms with van der Waals surface area (Å²) >= 11 is 0. The molecule has 2 N–H and O–H groups in total. The van der Waals surface area contributed by atoms with Gasteiger partial charge in [-0.05, 0) is 18.6 Å². The second-order valence-electron chi connectivity index (χ2n) is 5.19. The summed E-state index contributed by atoms with van der Waals surface area (Å²) in [6.07, 6.45) is 0. The number of nitro benzene ring substituents is 1. The molecule has 0 aliphatic rings. The number of benzene rings is 2. The maximum Gasteiger partial charge on any atom is 0.270 e. The van der Waals surface area contributed by atoms with Crippen LogP contribution in [0.4, 0.5) is 5.69 Å². The molecule has 0 saturated carbocycles. The molecule has 7 heteroatoms. The van der Waals surface area contributed by atoms with Crippen LogP contribution in [0.3, 0.4) is 0 Å². The SMILES string of the molecule is CC(NC(=O)CNC(=O)c1cccc([N+](=O)[O-])c1)c1ccccc1. The van der Waals surface area contributed by atoms with Crippen LogP contribution in [0.1, 0.15) is 28.9 Å². The van der Waals surface area contributed by atoms with Crippen LogP contribution in [0.15, 0.2) is 54.6 Å². The van der Waals surface area contributed by atoms with Crippen molar-refractivity contribution in [1.82, 2.24) is 10.6 Å². The van der Waals surface area contributed by atoms with Crippen molar-refractivity contribution in [3.8, 4) is 0 Å². The van der Waals surface area contributed by atoms with Gasteiger partial charge in [-0.15, -0.1) is 0 Å². The van der Waals surface area contributed by atoms with Crippen molar-refractivity contribution in [2.75, 3.05) is 6.54 Å². The average molecular weight is 327 g/mol. The lowest BCUT2D eigenvalue weighted by molar-refractivity contribution is -0.384. The predicted octanol–water partition coefficient (Wildman–Crippen LogP) is 2.20. The highest BCUT2D eigenvalue weighted by atomic mass is 16.6. The van der Waals surface area contributed by atoms with E-state index in [1.54, 1.807) is 0 Å². The zero-order valence-electron chi connectivity index (χ0n) is 13.1. The topological polar surface area (TPSA) is 101 Å². The zero-order valence-corrected chi connectivity index (χ0v) is 13.1. The summed E-state index contributed by atoms with van der Waals surface area (Å²) in [5.41, 5.74) is 0.911. The van der Waals surface area contributed by atoms with Crippen molar-refractivity contribution in [2.24, 2.45) is 0 Å². The molecular formula is C17H17N3O4. The summed E-state index contributed by atoms with van der Waals surface area (Å²) in [5, 5.41) is 15.9. The fraction of sp³-hybridized carbons (Fsp3) is 0.176. The van der Waals surface area contributed by atoms with E-state index in [1.807, 2.05) is 37.3 Å². The molecule has 0 aliphatic heterocycles. The van der Waals surface area contributed by atoms with Crippen molar-refractivity contribution < 1.29 is 14.5 Å². The Morgan fingerprint density at radius 1 is 1.12 bits per heavy atom. The van der Waals surface area contributed by atoms with Gasteiger partial charge in [-0.25, -0.2) is 0 Å². The quantitative estimate of drug-likeness (QED) is 0.627. The Morgan fingerprint density at radius 3 is 2.50 bits per heavy atom. The van der Waals surface area contributed by atoms with Crippen LogP contribution in [0.2, 0.25) is 0 Å². The Hall–Kier alpha value is -3.22. The Morgan fingerprint density at radius 2 is 1.83 bits per heavy atom. The number of non-ortho nitro benzene ring substituents is 1. The highest BCUT2D eigenvalue weighted by Gasteiger charge is 2.13. The second-order valence-corrected chi connectivity index (χ2v) is 5.19. The molecule has 1 unspecified atom stereocenters. The van der Waals surface area contributed by atoms with Gasteiger partial charge < -0.3 is 10.6 Å². The zero-order chi connectivity index (χ0) is 17.5. The molecule has 0 aromatic heterocycles. The third-order valence-corrected chi connectivity index (χ3v) is 3.41. The van der Waals surface area contributed by atoms with E-state index < -0.39 is 10.8 Å². The van der Waals surface area contributed by atoms with E-state index in [9.17, 15) is 19.7 Å². The van der Waals surface area contributed by atoms with Crippen LogP contribution in [-0.2, 0) is 4.79 Å². The molecule has 2 rings (SSSR count). The molecule has 2 aromatic rings. The number of nitrogens with zero attached hydrogens (tertiary/aromatic N) is 1. The van der Waals surface area contributed by atoms with Crippen LogP contribution in [-0.4, -0.2) is 23.3 Å². The van der Waals surface area contributed by atoms with Crippen LogP contribution in [0.25, 0.3) is 0 Å². The minimum Gasteiger partial charge on any atom is -0.348 e. The molecule has 1 atom stereocenters. The molecule has 0 fully saturated rings. The van der Waals surface area contributed by atoms with E-state index in [0.717, 1.165) is 5.56 Å². The van der Waals surface area contributed by atoms with Gasteiger partial charge in [0.25, 0.3) is 11.6 Å². The third kappa shape index (κ3) is 4.64. The lowest BCUT2D eigenvalue weighted by Gasteiger charge is -2.14. The Labute approximate surface area is 138 Å². The van der Waals surface area contributed by atoms with Gasteiger partial charge in [0.1, 0.15) is 0 Å². The molecule has 0 heterocycles. The summed E-state index contributed by atoms with van der Waals surface area (Å²) in [6.45, 7) is 1.63. The minimum absolute atomic E-state index is 0.133. The minimum atomic E-state index is -0.578. The van der Waals surface area contributed by atoms with Gasteiger partial charge in [0.05, 0.1) is 17.5 Å². The third-order valence-electron chi connectivity index (χ3n) is 3.41. The first-order valence-electron chi connectivity index (χ1n) is 7.34. The molecule has 7 nitrogen and oxygen atoms in total. The lowest BCUT2D eigenvalue weighted by Crippen LogP contribution is -2.38. The number of amides is 2. The first-order chi connectivity index (χ1) is 11.5. The van der Waals surface area contributed by atoms with Crippen molar-refractivity contribution in [3.05, 3.63) is 75.8 Å². The van der Waals surface area contributed by atoms with Crippen LogP contribution < -0.4 is 10.6 Å². The van der Waals surface area contributed by atoms with Gasteiger partial charge in [0.15, 0.2) is 0 Å². The van der Waals surface area contributed by atoms with E-state index in [-0.39, 0.29) is 29.7 Å². The van der Waals surface area contributed by atoms with Gasteiger partial charge in [-0.3, -0.25) is 19.7 Å². The summed E-state index contributed by atoms with van der Waals surface area (Å²) < 4.78 is 0. The second kappa shape index (κ2) is 7.87. The number of hydrogen-bond acceptors (Lipinski definition) is 4. The number of carbonyl (C=O) groups is 2. The molecule has 0 bridgehead atoms. The van der Waals surface area contributed by atoms with Gasteiger partial charge in [-0.1, -0.05) is 36.4 Å². The molecule has 0 radical (unpaired) electrons. The van der Waals surface area contributed by atoms with Gasteiger partial charge >= 0.3 is 0 Å². The summed E-state index contributed by atoms with van der Waals surface area (Å²) in [6, 6.07) is 14.6. The maximum absolute atomic E-state index is 12.0. The Balaban J connectivity index is 1.88. The number of carbonyl (C=O) groups excluding carboxylic acids is 2. The van der Waals surface area contributed by atoms with Crippen molar-refractivity contribution in [3.63, 3.8) is 0 Å². The number of rotatable bonds is 6. The van der Waals surface area contributed by atoms with E-state index in [4.69, 9.17) is 0 Å².